The van der Waals surface area contributed by atoms with Crippen LogP contribution in [0.4, 0.5) is 11.4 Å². The molecule has 4 rings (SSSR count). The lowest BCUT2D eigenvalue weighted by atomic mass is 10.2. The zero-order valence-corrected chi connectivity index (χ0v) is 23.4. The predicted molar refractivity (Wildman–Crippen MR) is 148 cm³/mol. The molecule has 1 fully saturated rings. The maximum atomic E-state index is 14.1. The fourth-order valence-corrected chi connectivity index (χ4v) is 5.77. The van der Waals surface area contributed by atoms with Gasteiger partial charge in [-0.1, -0.05) is 17.7 Å². The smallest absolute Gasteiger partial charge is 0.264 e. The van der Waals surface area contributed by atoms with Gasteiger partial charge in [-0.05, 0) is 55.3 Å². The molecular weight excluding hydrogens is 528 g/mol. The molecule has 11 heteroatoms. The number of carbonyl (C=O) groups is 1. The summed E-state index contributed by atoms with van der Waals surface area (Å²) in [6.45, 7) is -0.142. The fourth-order valence-electron chi connectivity index (χ4n) is 4.06. The van der Waals surface area contributed by atoms with Crippen LogP contribution in [0.3, 0.4) is 0 Å². The van der Waals surface area contributed by atoms with Crippen molar-refractivity contribution in [1.82, 2.24) is 9.88 Å². The number of halogens is 1. The molecule has 1 heterocycles. The van der Waals surface area contributed by atoms with Gasteiger partial charge in [-0.15, -0.1) is 0 Å². The molecule has 0 saturated heterocycles. The number of amides is 1. The van der Waals surface area contributed by atoms with Gasteiger partial charge in [0.15, 0.2) is 11.5 Å². The van der Waals surface area contributed by atoms with Crippen molar-refractivity contribution in [3.05, 3.63) is 71.5 Å². The topological polar surface area (TPSA) is 92.3 Å². The first-order chi connectivity index (χ1) is 18.1. The van der Waals surface area contributed by atoms with Gasteiger partial charge in [0, 0.05) is 38.1 Å². The minimum absolute atomic E-state index is 0.0405. The first-order valence-electron chi connectivity index (χ1n) is 12.1. The molecule has 1 saturated carbocycles. The molecule has 0 radical (unpaired) electrons. The van der Waals surface area contributed by atoms with Crippen molar-refractivity contribution in [1.29, 1.82) is 0 Å². The van der Waals surface area contributed by atoms with E-state index in [0.29, 0.717) is 12.3 Å². The van der Waals surface area contributed by atoms with Crippen LogP contribution in [-0.2, 0) is 21.4 Å². The number of benzene rings is 2. The standard InChI is InChI=1S/C27H31ClN4O5S/c1-30(2)21-10-12-23(28)24(15-21)32(38(34,35)22-11-13-25(36-3)26(16-22)37-4)18-27(33)31(20-8-9-20)17-19-7-5-6-14-29-19/h5-7,10-16,20H,8-9,17-18H2,1-4H3. The van der Waals surface area contributed by atoms with E-state index in [2.05, 4.69) is 4.98 Å². The van der Waals surface area contributed by atoms with Crippen LogP contribution in [0.2, 0.25) is 5.02 Å². The van der Waals surface area contributed by atoms with Gasteiger partial charge in [0.25, 0.3) is 10.0 Å². The van der Waals surface area contributed by atoms with Crippen molar-refractivity contribution in [2.45, 2.75) is 30.3 Å². The first-order valence-corrected chi connectivity index (χ1v) is 13.9. The molecule has 3 aromatic rings. The van der Waals surface area contributed by atoms with Crippen molar-refractivity contribution in [3.63, 3.8) is 0 Å². The van der Waals surface area contributed by atoms with Gasteiger partial charge >= 0.3 is 0 Å². The minimum atomic E-state index is -4.25. The number of sulfonamides is 1. The van der Waals surface area contributed by atoms with E-state index in [9.17, 15) is 13.2 Å². The number of hydrogen-bond acceptors (Lipinski definition) is 7. The molecule has 1 aliphatic carbocycles. The summed E-state index contributed by atoms with van der Waals surface area (Å²) in [7, 11) is 2.33. The molecular formula is C27H31ClN4O5S. The Bertz CT molecular complexity index is 1400. The molecule has 38 heavy (non-hydrogen) atoms. The Balaban J connectivity index is 1.77. The average Bonchev–Trinajstić information content (AvgIpc) is 3.76. The van der Waals surface area contributed by atoms with Gasteiger partial charge in [0.1, 0.15) is 6.54 Å². The largest absolute Gasteiger partial charge is 0.493 e. The second-order valence-electron chi connectivity index (χ2n) is 9.13. The summed E-state index contributed by atoms with van der Waals surface area (Å²) in [6, 6.07) is 14.9. The lowest BCUT2D eigenvalue weighted by molar-refractivity contribution is -0.130. The lowest BCUT2D eigenvalue weighted by Gasteiger charge is -2.30. The van der Waals surface area contributed by atoms with E-state index < -0.39 is 16.6 Å². The second kappa shape index (κ2) is 11.5. The molecule has 1 amide bonds. The van der Waals surface area contributed by atoms with E-state index in [-0.39, 0.29) is 33.3 Å². The summed E-state index contributed by atoms with van der Waals surface area (Å²) in [4.78, 5) is 21.6. The Morgan fingerprint density at radius 2 is 1.76 bits per heavy atom. The molecule has 0 unspecified atom stereocenters. The second-order valence-corrected chi connectivity index (χ2v) is 11.4. The molecule has 1 aromatic heterocycles. The van der Waals surface area contributed by atoms with Crippen LogP contribution in [0.15, 0.2) is 65.7 Å². The summed E-state index contributed by atoms with van der Waals surface area (Å²) >= 11 is 6.56. The third kappa shape index (κ3) is 5.97. The maximum absolute atomic E-state index is 14.1. The van der Waals surface area contributed by atoms with Gasteiger partial charge in [-0.3, -0.25) is 14.1 Å². The normalized spacial score (nSPS) is 13.1. The summed E-state index contributed by atoms with van der Waals surface area (Å²) in [6.07, 6.45) is 3.39. The van der Waals surface area contributed by atoms with Crippen LogP contribution in [0, 0.1) is 0 Å². The van der Waals surface area contributed by atoms with Crippen molar-refractivity contribution >= 4 is 38.9 Å². The number of pyridine rings is 1. The van der Waals surface area contributed by atoms with E-state index in [1.165, 1.54) is 32.4 Å². The van der Waals surface area contributed by atoms with Crippen LogP contribution in [0.25, 0.3) is 0 Å². The van der Waals surface area contributed by atoms with Crippen LogP contribution in [0.1, 0.15) is 18.5 Å². The van der Waals surface area contributed by atoms with Crippen LogP contribution >= 0.6 is 11.6 Å². The predicted octanol–water partition coefficient (Wildman–Crippen LogP) is 4.20. The monoisotopic (exact) mass is 558 g/mol. The molecule has 0 bridgehead atoms. The summed E-state index contributed by atoms with van der Waals surface area (Å²) in [5.74, 6) is 0.299. The zero-order valence-electron chi connectivity index (χ0n) is 21.8. The van der Waals surface area contributed by atoms with Crippen LogP contribution in [-0.4, -0.2) is 65.1 Å². The van der Waals surface area contributed by atoms with Crippen molar-refractivity contribution in [3.8, 4) is 11.5 Å². The van der Waals surface area contributed by atoms with Gasteiger partial charge in [0.2, 0.25) is 5.91 Å². The summed E-state index contributed by atoms with van der Waals surface area (Å²) in [5.41, 5.74) is 1.67. The van der Waals surface area contributed by atoms with Gasteiger partial charge in [0.05, 0.1) is 42.1 Å². The van der Waals surface area contributed by atoms with E-state index in [1.807, 2.05) is 37.2 Å². The first kappa shape index (κ1) is 27.5. The number of carbonyl (C=O) groups excluding carboxylic acids is 1. The lowest BCUT2D eigenvalue weighted by Crippen LogP contribution is -2.44. The highest BCUT2D eigenvalue weighted by molar-refractivity contribution is 7.92. The minimum Gasteiger partial charge on any atom is -0.493 e. The molecule has 1 aliphatic rings. The quantitative estimate of drug-likeness (QED) is 0.348. The van der Waals surface area contributed by atoms with E-state index >= 15 is 0 Å². The Kier molecular flexibility index (Phi) is 8.32. The Hall–Kier alpha value is -3.50. The van der Waals surface area contributed by atoms with Gasteiger partial charge in [-0.25, -0.2) is 8.42 Å². The molecule has 2 aromatic carbocycles. The molecule has 0 atom stereocenters. The molecule has 202 valence electrons. The maximum Gasteiger partial charge on any atom is 0.264 e. The third-order valence-corrected chi connectivity index (χ3v) is 8.38. The Labute approximate surface area is 228 Å². The number of aromatic nitrogens is 1. The average molecular weight is 559 g/mol. The number of rotatable bonds is 11. The van der Waals surface area contributed by atoms with E-state index in [0.717, 1.165) is 28.5 Å². The number of methoxy groups -OCH3 is 2. The van der Waals surface area contributed by atoms with Crippen molar-refractivity contribution in [2.24, 2.45) is 0 Å². The van der Waals surface area contributed by atoms with Crippen molar-refractivity contribution < 1.29 is 22.7 Å². The van der Waals surface area contributed by atoms with E-state index in [1.54, 1.807) is 29.3 Å². The highest BCUT2D eigenvalue weighted by Gasteiger charge is 2.37. The number of hydrogen-bond donors (Lipinski definition) is 0. The highest BCUT2D eigenvalue weighted by Crippen LogP contribution is 2.37. The zero-order chi connectivity index (χ0) is 27.4. The summed E-state index contributed by atoms with van der Waals surface area (Å²) in [5, 5.41) is 0.204. The van der Waals surface area contributed by atoms with Crippen LogP contribution in [0.5, 0.6) is 11.5 Å². The molecule has 0 N–H and O–H groups in total. The number of ether oxygens (including phenoxy) is 2. The van der Waals surface area contributed by atoms with Gasteiger partial charge in [-0.2, -0.15) is 0 Å². The molecule has 0 aliphatic heterocycles. The van der Waals surface area contributed by atoms with Gasteiger partial charge < -0.3 is 19.3 Å². The number of anilines is 2. The Morgan fingerprint density at radius 1 is 1.03 bits per heavy atom. The van der Waals surface area contributed by atoms with Crippen molar-refractivity contribution in [2.75, 3.05) is 44.1 Å². The SMILES string of the molecule is COc1ccc(S(=O)(=O)N(CC(=O)N(Cc2ccccn2)C2CC2)c2cc(N(C)C)ccc2Cl)cc1OC. The fraction of sp³-hybridized carbons (Fsp3) is 0.333. The Morgan fingerprint density at radius 3 is 2.37 bits per heavy atom. The molecule has 0 spiro atoms. The summed E-state index contributed by atoms with van der Waals surface area (Å²) < 4.78 is 39.9. The van der Waals surface area contributed by atoms with E-state index in [4.69, 9.17) is 21.1 Å². The van der Waals surface area contributed by atoms with Crippen LogP contribution < -0.4 is 18.7 Å². The number of nitrogens with zero attached hydrogens (tertiary/aromatic N) is 4. The third-order valence-electron chi connectivity index (χ3n) is 6.30. The molecule has 9 nitrogen and oxygen atoms in total. The highest BCUT2D eigenvalue weighted by atomic mass is 35.5.